The van der Waals surface area contributed by atoms with E-state index in [1.807, 2.05) is 37.3 Å². The van der Waals surface area contributed by atoms with Crippen LogP contribution >= 0.6 is 0 Å². The summed E-state index contributed by atoms with van der Waals surface area (Å²) in [4.78, 5) is 44.2. The van der Waals surface area contributed by atoms with E-state index in [2.05, 4.69) is 116 Å². The van der Waals surface area contributed by atoms with Crippen molar-refractivity contribution < 1.29 is 46.5 Å². The van der Waals surface area contributed by atoms with Gasteiger partial charge in [-0.2, -0.15) is 13.0 Å². The topological polar surface area (TPSA) is 180 Å². The number of carbonyl (C=O) groups excluding carboxylic acids is 2. The number of pyridine rings is 1. The van der Waals surface area contributed by atoms with E-state index in [0.717, 1.165) is 47.3 Å². The first-order valence-corrected chi connectivity index (χ1v) is 30.6. The number of hydrogen-bond donors (Lipinski definition) is 3. The van der Waals surface area contributed by atoms with Crippen LogP contribution in [0.25, 0.3) is 32.4 Å². The van der Waals surface area contributed by atoms with Crippen LogP contribution in [0.5, 0.6) is 5.75 Å². The average molecular weight is 1160 g/mol. The zero-order chi connectivity index (χ0) is 59.8. The number of allylic oxidation sites excluding steroid dienone is 6. The molecule has 6 aromatic carbocycles. The van der Waals surface area contributed by atoms with Gasteiger partial charge in [0.2, 0.25) is 11.6 Å². The van der Waals surface area contributed by atoms with Crippen molar-refractivity contribution in [1.82, 2.24) is 9.88 Å². The normalized spacial score (nSPS) is 15.1. The molecule has 9 rings (SSSR count). The fourth-order valence-corrected chi connectivity index (χ4v) is 13.0. The Bertz CT molecular complexity index is 3900. The summed E-state index contributed by atoms with van der Waals surface area (Å²) >= 11 is 0. The van der Waals surface area contributed by atoms with Crippen LogP contribution in [0, 0.1) is 0 Å². The molecule has 440 valence electrons. The highest BCUT2D eigenvalue weighted by atomic mass is 32.2. The van der Waals surface area contributed by atoms with E-state index < -0.39 is 27.0 Å². The van der Waals surface area contributed by atoms with Crippen molar-refractivity contribution in [3.8, 4) is 5.75 Å². The van der Waals surface area contributed by atoms with Crippen molar-refractivity contribution >= 4 is 77.2 Å². The molecule has 0 spiro atoms. The number of nitrogens with one attached hydrogen (secondary N) is 1. The molecule has 0 saturated heterocycles. The van der Waals surface area contributed by atoms with Crippen molar-refractivity contribution in [2.75, 3.05) is 75.6 Å². The number of aromatic hydroxyl groups is 1. The molecular formula is C68H78N5O10S+. The van der Waals surface area contributed by atoms with Crippen LogP contribution in [0.3, 0.4) is 0 Å². The number of ether oxygens (including phenoxy) is 3. The van der Waals surface area contributed by atoms with Crippen molar-refractivity contribution in [2.45, 2.75) is 89.4 Å². The van der Waals surface area contributed by atoms with Crippen LogP contribution in [0.4, 0.5) is 17.1 Å². The monoisotopic (exact) mass is 1160 g/mol. The molecule has 0 atom stereocenters. The molecule has 0 radical (unpaired) electrons. The van der Waals surface area contributed by atoms with Gasteiger partial charge in [-0.25, -0.2) is 0 Å². The maximum atomic E-state index is 14.1. The highest BCUT2D eigenvalue weighted by Crippen LogP contribution is 2.51. The van der Waals surface area contributed by atoms with E-state index in [9.17, 15) is 32.5 Å². The quantitative estimate of drug-likeness (QED) is 0.0203. The molecule has 0 fully saturated rings. The van der Waals surface area contributed by atoms with Crippen LogP contribution in [0.2, 0.25) is 0 Å². The van der Waals surface area contributed by atoms with Gasteiger partial charge in [0.05, 0.1) is 50.6 Å². The maximum Gasteiger partial charge on any atom is 0.295 e. The van der Waals surface area contributed by atoms with Crippen LogP contribution < -0.4 is 20.7 Å². The van der Waals surface area contributed by atoms with Crippen LogP contribution in [0.15, 0.2) is 161 Å². The Hall–Kier alpha value is -7.73. The van der Waals surface area contributed by atoms with Crippen LogP contribution in [-0.4, -0.2) is 111 Å². The van der Waals surface area contributed by atoms with E-state index in [-0.39, 0.29) is 47.3 Å². The number of rotatable bonds is 26. The summed E-state index contributed by atoms with van der Waals surface area (Å²) in [6, 6.07) is 36.2. The lowest BCUT2D eigenvalue weighted by atomic mass is 9.79. The predicted octanol–water partition coefficient (Wildman–Crippen LogP) is 11.6. The molecule has 3 heterocycles. The summed E-state index contributed by atoms with van der Waals surface area (Å²) in [5.41, 5.74) is 7.18. The average Bonchev–Trinajstić information content (AvgIpc) is 1.74. The molecule has 15 nitrogen and oxygen atoms in total. The molecule has 1 aromatic heterocycles. The van der Waals surface area contributed by atoms with Crippen LogP contribution in [0.1, 0.15) is 94.3 Å². The lowest BCUT2D eigenvalue weighted by Gasteiger charge is -2.26. The highest BCUT2D eigenvalue weighted by molar-refractivity contribution is 7.86. The number of hydrogen-bond acceptors (Lipinski definition) is 10. The van der Waals surface area contributed by atoms with Gasteiger partial charge in [0.1, 0.15) is 22.8 Å². The van der Waals surface area contributed by atoms with Gasteiger partial charge >= 0.3 is 0 Å². The number of para-hydroxylation sites is 1. The molecule has 3 N–H and O–H groups in total. The molecule has 0 bridgehead atoms. The van der Waals surface area contributed by atoms with Gasteiger partial charge < -0.3 is 39.0 Å². The second-order valence-electron chi connectivity index (χ2n) is 22.3. The van der Waals surface area contributed by atoms with E-state index in [1.54, 1.807) is 49.5 Å². The third kappa shape index (κ3) is 12.5. The first-order chi connectivity index (χ1) is 40.4. The van der Waals surface area contributed by atoms with Gasteiger partial charge in [-0.1, -0.05) is 112 Å². The third-order valence-electron chi connectivity index (χ3n) is 16.4. The number of aryl methyl sites for hydroxylation is 2. The Morgan fingerprint density at radius 1 is 0.726 bits per heavy atom. The number of unbranched alkanes of at least 4 members (excludes halogenated alkanes) is 2. The van der Waals surface area contributed by atoms with Crippen molar-refractivity contribution in [3.05, 3.63) is 184 Å². The highest BCUT2D eigenvalue weighted by Gasteiger charge is 2.46. The van der Waals surface area contributed by atoms with Gasteiger partial charge in [0.25, 0.3) is 21.6 Å². The third-order valence-corrected chi connectivity index (χ3v) is 17.3. The fraction of sp³-hybridized carbons (Fsp3) is 0.353. The summed E-state index contributed by atoms with van der Waals surface area (Å²) in [5.74, 6) is -0.987. The number of amides is 2. The SMILES string of the molecule is CCc1cccc2c1c(O)c(C(=O)N(CCOCCOCCOCCNC(=O)CCCCC[N+]1=C(C=CC=CC=C3N(CC)c4ccc5ccccc5c4C3(C)C)C(C)(C)c3c1ccc1c(S(=O)(=O)O)cccc31)c1ccccc1)c(=O)n2C. The molecule has 2 aliphatic rings. The molecule has 2 amide bonds. The number of nitrogens with zero attached hydrogens (tertiary/aromatic N) is 4. The largest absolute Gasteiger partial charge is 0.506 e. The lowest BCUT2D eigenvalue weighted by molar-refractivity contribution is -0.438. The molecule has 84 heavy (non-hydrogen) atoms. The zero-order valence-corrected chi connectivity index (χ0v) is 50.1. The molecule has 7 aromatic rings. The van der Waals surface area contributed by atoms with Crippen molar-refractivity contribution in [2.24, 2.45) is 7.05 Å². The number of likely N-dealkylation sites (N-methyl/N-ethyl adjacent to an activating group) is 1. The number of aromatic nitrogens is 1. The Morgan fingerprint density at radius 3 is 2.17 bits per heavy atom. The van der Waals surface area contributed by atoms with E-state index in [4.69, 9.17) is 14.2 Å². The van der Waals surface area contributed by atoms with Crippen molar-refractivity contribution in [1.29, 1.82) is 0 Å². The number of fused-ring (bicyclic) bond motifs is 7. The maximum absolute atomic E-state index is 14.1. The number of carbonyl (C=O) groups is 2. The molecule has 16 heteroatoms. The minimum Gasteiger partial charge on any atom is -0.506 e. The first kappa shape index (κ1) is 60.8. The smallest absolute Gasteiger partial charge is 0.295 e. The van der Waals surface area contributed by atoms with Gasteiger partial charge in [-0.15, -0.1) is 0 Å². The fourth-order valence-electron chi connectivity index (χ4n) is 12.3. The van der Waals surface area contributed by atoms with Crippen LogP contribution in [-0.2, 0) is 53.4 Å². The Labute approximate surface area is 492 Å². The van der Waals surface area contributed by atoms with Gasteiger partial charge in [0.15, 0.2) is 5.71 Å². The molecular weight excluding hydrogens is 1080 g/mol. The van der Waals surface area contributed by atoms with Gasteiger partial charge in [-0.05, 0) is 110 Å². The zero-order valence-electron chi connectivity index (χ0n) is 49.3. The molecule has 2 aliphatic heterocycles. The minimum atomic E-state index is -4.47. The standard InChI is InChI=1S/C68H77N5O10S/c1-8-47-24-21-29-53-60(47)64(75)61(65(76)70(53)7)66(77)72(49-25-13-10-14-26-49)40-42-82-44-46-83-45-43-81-41-38-69-59(74)33-17-12-20-39-73-55-37-35-51-52(28-22-30-56(51)84(78,79)80)63(55)68(5,6)58(73)32-16-11-15-31-57-67(3,4)62-50-27-19-18-23-48(50)34-36-54(62)71(57)9-2/h10-11,13-16,18-19,21-32,34-37H,8-9,12,17,20,33,38-46H2,1-7H3,(H2-,69,74,75,76,77,78,79,80)/p+1. The van der Waals surface area contributed by atoms with Gasteiger partial charge in [-0.3, -0.25) is 18.9 Å². The summed E-state index contributed by atoms with van der Waals surface area (Å²) in [5, 5.41) is 18.6. The van der Waals surface area contributed by atoms with E-state index >= 15 is 0 Å². The molecule has 0 aliphatic carbocycles. The number of benzene rings is 6. The summed E-state index contributed by atoms with van der Waals surface area (Å²) in [6.07, 6.45) is 13.9. The Kier molecular flexibility index (Phi) is 19.2. The first-order valence-electron chi connectivity index (χ1n) is 29.2. The second kappa shape index (κ2) is 26.5. The molecule has 0 unspecified atom stereocenters. The minimum absolute atomic E-state index is 0.0484. The predicted molar refractivity (Wildman–Crippen MR) is 335 cm³/mol. The van der Waals surface area contributed by atoms with E-state index in [0.29, 0.717) is 80.8 Å². The number of anilines is 2. The summed E-state index contributed by atoms with van der Waals surface area (Å²) in [7, 11) is -2.87. The Balaban J connectivity index is 0.730. The second-order valence-corrected chi connectivity index (χ2v) is 23.7. The Morgan fingerprint density at radius 2 is 1.43 bits per heavy atom. The summed E-state index contributed by atoms with van der Waals surface area (Å²) in [6.45, 7) is 16.8. The van der Waals surface area contributed by atoms with Gasteiger partial charge in [0, 0.05) is 90.5 Å². The lowest BCUT2D eigenvalue weighted by Crippen LogP contribution is -2.38. The molecule has 0 saturated carbocycles. The van der Waals surface area contributed by atoms with Crippen molar-refractivity contribution in [3.63, 3.8) is 0 Å². The summed E-state index contributed by atoms with van der Waals surface area (Å²) < 4.78 is 56.2. The van der Waals surface area contributed by atoms with E-state index in [1.165, 1.54) is 43.3 Å².